The topological polar surface area (TPSA) is 59.2 Å². The highest BCUT2D eigenvalue weighted by molar-refractivity contribution is 5.22. The molecule has 7 nitrogen and oxygen atoms in total. The zero-order valence-electron chi connectivity index (χ0n) is 16.6. The van der Waals surface area contributed by atoms with Crippen molar-refractivity contribution >= 4 is 0 Å². The van der Waals surface area contributed by atoms with Crippen molar-refractivity contribution in [3.8, 4) is 0 Å². The Morgan fingerprint density at radius 3 is 2.54 bits per heavy atom. The van der Waals surface area contributed by atoms with Crippen LogP contribution in [0.25, 0.3) is 0 Å². The summed E-state index contributed by atoms with van der Waals surface area (Å²) in [6.45, 7) is 7.86. The zero-order chi connectivity index (χ0) is 18.9. The molecule has 0 saturated carbocycles. The summed E-state index contributed by atoms with van der Waals surface area (Å²) in [6.07, 6.45) is 6.90. The molecule has 0 unspecified atom stereocenters. The molecule has 0 aromatic carbocycles. The average molecular weight is 383 g/mol. The van der Waals surface area contributed by atoms with Crippen LogP contribution in [0.15, 0.2) is 16.9 Å². The van der Waals surface area contributed by atoms with Crippen molar-refractivity contribution in [2.75, 3.05) is 32.7 Å². The van der Waals surface area contributed by atoms with Gasteiger partial charge < -0.3 is 0 Å². The van der Waals surface area contributed by atoms with E-state index in [9.17, 15) is 4.79 Å². The van der Waals surface area contributed by atoms with Gasteiger partial charge in [-0.25, -0.2) is 4.68 Å². The Kier molecular flexibility index (Phi) is 5.03. The summed E-state index contributed by atoms with van der Waals surface area (Å²) in [5, 5.41) is 9.39. The van der Waals surface area contributed by atoms with E-state index in [-0.39, 0.29) is 5.56 Å². The van der Waals surface area contributed by atoms with Crippen molar-refractivity contribution in [3.05, 3.63) is 45.1 Å². The minimum atomic E-state index is 0.0584. The molecular formula is C21H30N6O. The second-order valence-corrected chi connectivity index (χ2v) is 8.46. The van der Waals surface area contributed by atoms with Gasteiger partial charge in [-0.3, -0.25) is 19.3 Å². The lowest BCUT2D eigenvalue weighted by atomic mass is 10.1. The van der Waals surface area contributed by atoms with Gasteiger partial charge in [-0.1, -0.05) is 0 Å². The molecule has 4 heterocycles. The van der Waals surface area contributed by atoms with Crippen molar-refractivity contribution < 1.29 is 0 Å². The first kappa shape index (κ1) is 18.1. The van der Waals surface area contributed by atoms with Gasteiger partial charge in [0, 0.05) is 57.6 Å². The highest BCUT2D eigenvalue weighted by Crippen LogP contribution is 2.18. The van der Waals surface area contributed by atoms with Gasteiger partial charge in [0.15, 0.2) is 0 Å². The van der Waals surface area contributed by atoms with E-state index in [1.807, 2.05) is 0 Å². The first-order valence-electron chi connectivity index (χ1n) is 10.8. The summed E-state index contributed by atoms with van der Waals surface area (Å²) in [6, 6.07) is 4.11. The number of hydrogen-bond acceptors (Lipinski definition) is 5. The maximum atomic E-state index is 12.3. The summed E-state index contributed by atoms with van der Waals surface area (Å²) in [5.74, 6) is 0. The Morgan fingerprint density at radius 2 is 1.68 bits per heavy atom. The maximum absolute atomic E-state index is 12.3. The smallest absolute Gasteiger partial charge is 0.267 e. The monoisotopic (exact) mass is 382 g/mol. The Labute approximate surface area is 165 Å². The van der Waals surface area contributed by atoms with Crippen molar-refractivity contribution in [2.24, 2.45) is 0 Å². The van der Waals surface area contributed by atoms with Crippen LogP contribution in [0.3, 0.4) is 0 Å². The van der Waals surface area contributed by atoms with Crippen LogP contribution in [0.1, 0.15) is 41.9 Å². The molecule has 2 aromatic heterocycles. The zero-order valence-corrected chi connectivity index (χ0v) is 16.6. The van der Waals surface area contributed by atoms with Crippen LogP contribution < -0.4 is 5.56 Å². The van der Waals surface area contributed by atoms with Gasteiger partial charge in [-0.15, -0.1) is 0 Å². The van der Waals surface area contributed by atoms with Crippen LogP contribution in [0, 0.1) is 0 Å². The van der Waals surface area contributed by atoms with E-state index in [1.54, 1.807) is 10.7 Å². The largest absolute Gasteiger partial charge is 0.299 e. The minimum Gasteiger partial charge on any atom is -0.299 e. The van der Waals surface area contributed by atoms with Crippen LogP contribution in [0.2, 0.25) is 0 Å². The summed E-state index contributed by atoms with van der Waals surface area (Å²) in [4.78, 5) is 17.2. The van der Waals surface area contributed by atoms with E-state index in [0.29, 0.717) is 6.54 Å². The number of rotatable bonds is 5. The third kappa shape index (κ3) is 3.78. The number of piperazine rings is 1. The molecule has 0 amide bonds. The fourth-order valence-corrected chi connectivity index (χ4v) is 4.79. The molecule has 0 atom stereocenters. The third-order valence-corrected chi connectivity index (χ3v) is 6.47. The lowest BCUT2D eigenvalue weighted by molar-refractivity contribution is 0.121. The molecule has 5 rings (SSSR count). The van der Waals surface area contributed by atoms with Crippen LogP contribution in [-0.4, -0.2) is 62.1 Å². The van der Waals surface area contributed by atoms with Crippen molar-refractivity contribution in [3.63, 3.8) is 0 Å². The van der Waals surface area contributed by atoms with Gasteiger partial charge in [0.05, 0.1) is 17.9 Å². The predicted octanol–water partition coefficient (Wildman–Crippen LogP) is 1.08. The van der Waals surface area contributed by atoms with E-state index in [4.69, 9.17) is 5.10 Å². The van der Waals surface area contributed by atoms with Crippen molar-refractivity contribution in [1.82, 2.24) is 29.4 Å². The van der Waals surface area contributed by atoms with Crippen LogP contribution in [-0.2, 0) is 38.9 Å². The molecular weight excluding hydrogens is 352 g/mol. The minimum absolute atomic E-state index is 0.0584. The summed E-state index contributed by atoms with van der Waals surface area (Å²) < 4.78 is 3.88. The second-order valence-electron chi connectivity index (χ2n) is 8.46. The van der Waals surface area contributed by atoms with Gasteiger partial charge in [0.1, 0.15) is 0 Å². The van der Waals surface area contributed by atoms with Gasteiger partial charge in [0.2, 0.25) is 0 Å². The molecule has 0 bridgehead atoms. The average Bonchev–Trinajstić information content (AvgIpc) is 3.32. The molecule has 2 aromatic rings. The highest BCUT2D eigenvalue weighted by atomic mass is 16.1. The van der Waals surface area contributed by atoms with E-state index in [2.05, 4.69) is 25.6 Å². The standard InChI is InChI=1S/C21H30N6O/c28-21-14-17-4-3-6-20(17)23-27(21)13-12-24-8-10-25(11-9-24)16-18-15-19-5-1-2-7-26(19)22-18/h14-15H,1-13,16H2. The van der Waals surface area contributed by atoms with Gasteiger partial charge in [-0.05, 0) is 50.2 Å². The SMILES string of the molecule is O=c1cc2c(nn1CCN1CCN(Cc3cc4n(n3)CCCC4)CC1)CCC2. The van der Waals surface area contributed by atoms with E-state index in [0.717, 1.165) is 76.3 Å². The fraction of sp³-hybridized carbons (Fsp3) is 0.667. The highest BCUT2D eigenvalue weighted by Gasteiger charge is 2.20. The number of aryl methyl sites for hydroxylation is 4. The molecule has 2 aliphatic heterocycles. The number of hydrogen-bond donors (Lipinski definition) is 0. The number of aromatic nitrogens is 4. The van der Waals surface area contributed by atoms with E-state index < -0.39 is 0 Å². The number of fused-ring (bicyclic) bond motifs is 2. The van der Waals surface area contributed by atoms with Crippen LogP contribution >= 0.6 is 0 Å². The molecule has 28 heavy (non-hydrogen) atoms. The van der Waals surface area contributed by atoms with Gasteiger partial charge in [0.25, 0.3) is 5.56 Å². The van der Waals surface area contributed by atoms with Gasteiger partial charge in [-0.2, -0.15) is 10.2 Å². The quantitative estimate of drug-likeness (QED) is 0.775. The van der Waals surface area contributed by atoms with E-state index >= 15 is 0 Å². The fourth-order valence-electron chi connectivity index (χ4n) is 4.79. The maximum Gasteiger partial charge on any atom is 0.267 e. The summed E-state index contributed by atoms with van der Waals surface area (Å²) >= 11 is 0. The van der Waals surface area contributed by atoms with E-state index in [1.165, 1.54) is 30.7 Å². The summed E-state index contributed by atoms with van der Waals surface area (Å²) in [7, 11) is 0. The normalized spacial score (nSPS) is 20.3. The first-order chi connectivity index (χ1) is 13.7. The van der Waals surface area contributed by atoms with Crippen LogP contribution in [0.4, 0.5) is 0 Å². The Hall–Kier alpha value is -1.99. The van der Waals surface area contributed by atoms with Crippen molar-refractivity contribution in [2.45, 2.75) is 58.2 Å². The molecule has 0 N–H and O–H groups in total. The molecule has 1 saturated heterocycles. The number of nitrogens with zero attached hydrogens (tertiary/aromatic N) is 6. The van der Waals surface area contributed by atoms with Crippen molar-refractivity contribution in [1.29, 1.82) is 0 Å². The Morgan fingerprint density at radius 1 is 0.821 bits per heavy atom. The molecule has 7 heteroatoms. The first-order valence-corrected chi connectivity index (χ1v) is 10.8. The Balaban J connectivity index is 1.12. The molecule has 3 aliphatic rings. The molecule has 1 aliphatic carbocycles. The third-order valence-electron chi connectivity index (χ3n) is 6.47. The van der Waals surface area contributed by atoms with Gasteiger partial charge >= 0.3 is 0 Å². The lowest BCUT2D eigenvalue weighted by Gasteiger charge is -2.34. The molecule has 0 spiro atoms. The summed E-state index contributed by atoms with van der Waals surface area (Å²) in [5.41, 5.74) is 4.98. The van der Waals surface area contributed by atoms with Crippen LogP contribution in [0.5, 0.6) is 0 Å². The Bertz CT molecular complexity index is 869. The lowest BCUT2D eigenvalue weighted by Crippen LogP contribution is -2.47. The molecule has 1 fully saturated rings. The molecule has 150 valence electrons. The molecule has 0 radical (unpaired) electrons. The second kappa shape index (κ2) is 7.79. The predicted molar refractivity (Wildman–Crippen MR) is 107 cm³/mol.